The van der Waals surface area contributed by atoms with E-state index in [4.69, 9.17) is 9.15 Å². The second-order valence-electron chi connectivity index (χ2n) is 6.66. The van der Waals surface area contributed by atoms with Gasteiger partial charge >= 0.3 is 11.8 Å². The second-order valence-corrected chi connectivity index (χ2v) is 6.66. The van der Waals surface area contributed by atoms with E-state index in [1.165, 1.54) is 0 Å². The molecule has 0 saturated heterocycles. The summed E-state index contributed by atoms with van der Waals surface area (Å²) in [5.74, 6) is 0.404. The molecule has 28 heavy (non-hydrogen) atoms. The number of ether oxygens (including phenoxy) is 1. The Hall–Kier alpha value is -3.48. The first-order valence-electron chi connectivity index (χ1n) is 9.12. The van der Waals surface area contributed by atoms with Gasteiger partial charge in [0, 0.05) is 11.1 Å². The average molecular weight is 376 g/mol. The van der Waals surface area contributed by atoms with Crippen LogP contribution >= 0.6 is 0 Å². The number of fused-ring (bicyclic) bond motifs is 1. The van der Waals surface area contributed by atoms with Gasteiger partial charge in [-0.3, -0.25) is 4.79 Å². The molecule has 0 spiro atoms. The van der Waals surface area contributed by atoms with E-state index in [0.29, 0.717) is 13.0 Å². The number of aryl methyl sites for hydroxylation is 2. The number of aromatic nitrogens is 2. The second kappa shape index (κ2) is 7.64. The van der Waals surface area contributed by atoms with Crippen molar-refractivity contribution in [3.05, 3.63) is 65.0 Å². The molecule has 4 rings (SSSR count). The standard InChI is InChI=1S/C21H20N4O3/c1-13-11-16-17(9-6-10-27-18(16)12-14(13)2)22-23-19(26)21-25-24-20(28-21)15-7-4-3-5-8-15/h3-5,7-8,11-12H,6,9-10H2,1-2H3,(H,23,26)/b22-17+. The van der Waals surface area contributed by atoms with Gasteiger partial charge in [0.15, 0.2) is 0 Å². The number of carbonyl (C=O) groups is 1. The number of rotatable bonds is 3. The summed E-state index contributed by atoms with van der Waals surface area (Å²) in [7, 11) is 0. The zero-order valence-corrected chi connectivity index (χ0v) is 15.7. The molecule has 1 aliphatic rings. The minimum Gasteiger partial charge on any atom is -0.493 e. The summed E-state index contributed by atoms with van der Waals surface area (Å²) >= 11 is 0. The van der Waals surface area contributed by atoms with Crippen LogP contribution in [0.25, 0.3) is 11.5 Å². The lowest BCUT2D eigenvalue weighted by molar-refractivity contribution is 0.0921. The van der Waals surface area contributed by atoms with Gasteiger partial charge in [-0.2, -0.15) is 5.10 Å². The van der Waals surface area contributed by atoms with Gasteiger partial charge in [0.05, 0.1) is 12.3 Å². The lowest BCUT2D eigenvalue weighted by Crippen LogP contribution is -2.20. The summed E-state index contributed by atoms with van der Waals surface area (Å²) in [6.45, 7) is 4.70. The Kier molecular flexibility index (Phi) is 4.89. The Bertz CT molecular complexity index is 1040. The van der Waals surface area contributed by atoms with Gasteiger partial charge in [-0.25, -0.2) is 5.43 Å². The van der Waals surface area contributed by atoms with Crippen LogP contribution < -0.4 is 10.2 Å². The van der Waals surface area contributed by atoms with Crippen LogP contribution in [0.2, 0.25) is 0 Å². The summed E-state index contributed by atoms with van der Waals surface area (Å²) < 4.78 is 11.3. The molecule has 3 aromatic rings. The number of hydrogen-bond donors (Lipinski definition) is 1. The number of amides is 1. The quantitative estimate of drug-likeness (QED) is 0.705. The van der Waals surface area contributed by atoms with E-state index in [2.05, 4.69) is 20.7 Å². The third-order valence-electron chi connectivity index (χ3n) is 4.65. The number of benzene rings is 2. The van der Waals surface area contributed by atoms with Crippen LogP contribution in [0, 0.1) is 13.8 Å². The highest BCUT2D eigenvalue weighted by molar-refractivity contribution is 6.04. The lowest BCUT2D eigenvalue weighted by atomic mass is 10.0. The van der Waals surface area contributed by atoms with Gasteiger partial charge in [0.25, 0.3) is 0 Å². The molecule has 0 fully saturated rings. The predicted molar refractivity (Wildman–Crippen MR) is 104 cm³/mol. The van der Waals surface area contributed by atoms with Gasteiger partial charge in [0.2, 0.25) is 5.89 Å². The third-order valence-corrected chi connectivity index (χ3v) is 4.65. The predicted octanol–water partition coefficient (Wildman–Crippen LogP) is 3.66. The lowest BCUT2D eigenvalue weighted by Gasteiger charge is -2.11. The smallest absolute Gasteiger partial charge is 0.328 e. The minimum absolute atomic E-state index is 0.131. The first-order valence-corrected chi connectivity index (χ1v) is 9.12. The summed E-state index contributed by atoms with van der Waals surface area (Å²) in [6, 6.07) is 13.3. The van der Waals surface area contributed by atoms with Crippen LogP contribution in [-0.4, -0.2) is 28.4 Å². The van der Waals surface area contributed by atoms with Crippen LogP contribution in [0.5, 0.6) is 5.75 Å². The summed E-state index contributed by atoms with van der Waals surface area (Å²) in [4.78, 5) is 12.4. The molecule has 1 aromatic heterocycles. The Morgan fingerprint density at radius 1 is 1.11 bits per heavy atom. The first-order chi connectivity index (χ1) is 13.6. The number of hydrazone groups is 1. The van der Waals surface area contributed by atoms with Crippen molar-refractivity contribution >= 4 is 11.6 Å². The number of hydrogen-bond acceptors (Lipinski definition) is 6. The molecule has 7 nitrogen and oxygen atoms in total. The minimum atomic E-state index is -0.544. The zero-order chi connectivity index (χ0) is 19.5. The largest absolute Gasteiger partial charge is 0.493 e. The van der Waals surface area contributed by atoms with Crippen molar-refractivity contribution in [1.29, 1.82) is 0 Å². The summed E-state index contributed by atoms with van der Waals surface area (Å²) in [5.41, 5.74) is 7.26. The van der Waals surface area contributed by atoms with E-state index in [1.54, 1.807) is 0 Å². The van der Waals surface area contributed by atoms with E-state index in [-0.39, 0.29) is 11.8 Å². The molecule has 0 radical (unpaired) electrons. The maximum Gasteiger partial charge on any atom is 0.328 e. The van der Waals surface area contributed by atoms with Crippen molar-refractivity contribution in [2.24, 2.45) is 5.10 Å². The molecule has 1 amide bonds. The maximum absolute atomic E-state index is 12.4. The summed E-state index contributed by atoms with van der Waals surface area (Å²) in [6.07, 6.45) is 1.52. The van der Waals surface area contributed by atoms with Crippen molar-refractivity contribution in [2.75, 3.05) is 6.61 Å². The van der Waals surface area contributed by atoms with Crippen molar-refractivity contribution in [2.45, 2.75) is 26.7 Å². The molecule has 142 valence electrons. The third kappa shape index (κ3) is 3.64. The van der Waals surface area contributed by atoms with Crippen LogP contribution in [0.15, 0.2) is 52.0 Å². The Morgan fingerprint density at radius 2 is 1.89 bits per heavy atom. The van der Waals surface area contributed by atoms with Gasteiger partial charge in [-0.1, -0.05) is 18.2 Å². The van der Waals surface area contributed by atoms with Crippen molar-refractivity contribution in [3.63, 3.8) is 0 Å². The molecule has 0 aliphatic carbocycles. The van der Waals surface area contributed by atoms with Crippen molar-refractivity contribution in [1.82, 2.24) is 15.6 Å². The van der Waals surface area contributed by atoms with E-state index in [1.807, 2.05) is 56.3 Å². The maximum atomic E-state index is 12.4. The molecule has 1 aliphatic heterocycles. The van der Waals surface area contributed by atoms with E-state index >= 15 is 0 Å². The highest BCUT2D eigenvalue weighted by Gasteiger charge is 2.19. The molecule has 1 N–H and O–H groups in total. The molecule has 0 saturated carbocycles. The highest BCUT2D eigenvalue weighted by Crippen LogP contribution is 2.28. The Balaban J connectivity index is 1.55. The first kappa shape index (κ1) is 17.9. The van der Waals surface area contributed by atoms with Crippen LogP contribution in [0.3, 0.4) is 0 Å². The fourth-order valence-electron chi connectivity index (χ4n) is 2.99. The molecule has 2 heterocycles. The zero-order valence-electron chi connectivity index (χ0n) is 15.7. The number of nitrogens with zero attached hydrogens (tertiary/aromatic N) is 3. The van der Waals surface area contributed by atoms with Crippen LogP contribution in [0.4, 0.5) is 0 Å². The van der Waals surface area contributed by atoms with E-state index in [0.717, 1.165) is 40.1 Å². The van der Waals surface area contributed by atoms with Gasteiger partial charge < -0.3 is 9.15 Å². The molecule has 0 atom stereocenters. The van der Waals surface area contributed by atoms with Gasteiger partial charge in [-0.05, 0) is 62.1 Å². The average Bonchev–Trinajstić information content (AvgIpc) is 3.13. The number of nitrogens with one attached hydrogen (secondary N) is 1. The van der Waals surface area contributed by atoms with Crippen molar-refractivity contribution in [3.8, 4) is 17.2 Å². The van der Waals surface area contributed by atoms with Gasteiger partial charge in [-0.15, -0.1) is 10.2 Å². The van der Waals surface area contributed by atoms with Crippen LogP contribution in [-0.2, 0) is 0 Å². The summed E-state index contributed by atoms with van der Waals surface area (Å²) in [5, 5.41) is 12.1. The molecular formula is C21H20N4O3. The fraction of sp³-hybridized carbons (Fsp3) is 0.238. The SMILES string of the molecule is Cc1cc2c(cc1C)/C(=N/NC(=O)c1nnc(-c3ccccc3)o1)CCCO2. The van der Waals surface area contributed by atoms with E-state index < -0.39 is 5.91 Å². The fourth-order valence-corrected chi connectivity index (χ4v) is 2.99. The van der Waals surface area contributed by atoms with Crippen molar-refractivity contribution < 1.29 is 13.9 Å². The topological polar surface area (TPSA) is 89.6 Å². The molecule has 0 unspecified atom stereocenters. The molecular weight excluding hydrogens is 356 g/mol. The van der Waals surface area contributed by atoms with E-state index in [9.17, 15) is 4.79 Å². The van der Waals surface area contributed by atoms with Gasteiger partial charge in [0.1, 0.15) is 5.75 Å². The monoisotopic (exact) mass is 376 g/mol. The molecule has 2 aromatic carbocycles. The molecule has 0 bridgehead atoms. The number of carbonyl (C=O) groups excluding carboxylic acids is 1. The Labute approximate surface area is 162 Å². The normalized spacial score (nSPS) is 14.9. The molecule has 7 heteroatoms. The highest BCUT2D eigenvalue weighted by atomic mass is 16.5. The van der Waals surface area contributed by atoms with Crippen LogP contribution in [0.1, 0.15) is 40.2 Å². The Morgan fingerprint density at radius 3 is 2.71 bits per heavy atom.